The Morgan fingerprint density at radius 2 is 1.78 bits per heavy atom. The lowest BCUT2D eigenvalue weighted by Gasteiger charge is -2.07. The fourth-order valence-electron chi connectivity index (χ4n) is 2.28. The summed E-state index contributed by atoms with van der Waals surface area (Å²) in [5.74, 6) is -1.10. The Bertz CT molecular complexity index is 657. The van der Waals surface area contributed by atoms with E-state index in [-0.39, 0.29) is 24.5 Å². The summed E-state index contributed by atoms with van der Waals surface area (Å²) in [6.45, 7) is 0.0857. The zero-order valence-corrected chi connectivity index (χ0v) is 12.7. The Kier molecular flexibility index (Phi) is 6.23. The van der Waals surface area contributed by atoms with Gasteiger partial charge >= 0.3 is 0 Å². The van der Waals surface area contributed by atoms with Gasteiger partial charge in [-0.3, -0.25) is 4.79 Å². The van der Waals surface area contributed by atoms with Gasteiger partial charge in [-0.25, -0.2) is 8.78 Å². The van der Waals surface area contributed by atoms with Crippen molar-refractivity contribution in [3.05, 3.63) is 65.2 Å². The standard InChI is InChI=1S/C18H19F2NO2/c19-15-6-9-17(20)14(12-15)2-1-3-18(23)21-16-7-4-13(5-8-16)10-11-22/h4-9,12,22H,1-3,10-11H2,(H,21,23). The summed E-state index contributed by atoms with van der Waals surface area (Å²) in [7, 11) is 0. The van der Waals surface area contributed by atoms with Crippen LogP contribution in [0, 0.1) is 11.6 Å². The molecule has 3 nitrogen and oxygen atoms in total. The molecule has 0 atom stereocenters. The van der Waals surface area contributed by atoms with E-state index in [1.165, 1.54) is 0 Å². The Morgan fingerprint density at radius 3 is 2.48 bits per heavy atom. The van der Waals surface area contributed by atoms with Crippen molar-refractivity contribution < 1.29 is 18.7 Å². The number of benzene rings is 2. The monoisotopic (exact) mass is 319 g/mol. The lowest BCUT2D eigenvalue weighted by atomic mass is 10.1. The van der Waals surface area contributed by atoms with Crippen LogP contribution < -0.4 is 5.32 Å². The van der Waals surface area contributed by atoms with Gasteiger partial charge in [-0.1, -0.05) is 12.1 Å². The molecule has 0 aliphatic heterocycles. The number of aliphatic hydroxyl groups excluding tert-OH is 1. The first kappa shape index (κ1) is 17.1. The number of carbonyl (C=O) groups is 1. The molecule has 2 rings (SSSR count). The topological polar surface area (TPSA) is 49.3 Å². The van der Waals surface area contributed by atoms with Crippen LogP contribution in [0.3, 0.4) is 0 Å². The minimum absolute atomic E-state index is 0.0857. The first-order chi connectivity index (χ1) is 11.1. The third kappa shape index (κ3) is 5.45. The Labute approximate surface area is 134 Å². The molecule has 0 aliphatic rings. The molecule has 0 unspecified atom stereocenters. The molecule has 0 aromatic heterocycles. The first-order valence-corrected chi connectivity index (χ1v) is 7.52. The molecule has 23 heavy (non-hydrogen) atoms. The van der Waals surface area contributed by atoms with Crippen LogP contribution >= 0.6 is 0 Å². The molecule has 0 radical (unpaired) electrons. The van der Waals surface area contributed by atoms with Gasteiger partial charge in [0.25, 0.3) is 0 Å². The summed E-state index contributed by atoms with van der Waals surface area (Å²) in [5.41, 5.74) is 1.95. The van der Waals surface area contributed by atoms with Gasteiger partial charge in [-0.05, 0) is 60.7 Å². The number of rotatable bonds is 7. The van der Waals surface area contributed by atoms with Crippen LogP contribution in [-0.4, -0.2) is 17.6 Å². The zero-order valence-electron chi connectivity index (χ0n) is 12.7. The summed E-state index contributed by atoms with van der Waals surface area (Å²) < 4.78 is 26.5. The summed E-state index contributed by atoms with van der Waals surface area (Å²) >= 11 is 0. The number of aryl methyl sites for hydroxylation is 1. The van der Waals surface area contributed by atoms with Crippen LogP contribution in [0.25, 0.3) is 0 Å². The lowest BCUT2D eigenvalue weighted by molar-refractivity contribution is -0.116. The minimum atomic E-state index is -0.478. The van der Waals surface area contributed by atoms with E-state index in [1.54, 1.807) is 12.1 Å². The summed E-state index contributed by atoms with van der Waals surface area (Å²) in [6, 6.07) is 10.6. The van der Waals surface area contributed by atoms with Crippen LogP contribution in [0.5, 0.6) is 0 Å². The van der Waals surface area contributed by atoms with Gasteiger partial charge in [0.15, 0.2) is 0 Å². The normalized spacial score (nSPS) is 10.6. The smallest absolute Gasteiger partial charge is 0.224 e. The van der Waals surface area contributed by atoms with Gasteiger partial charge < -0.3 is 10.4 Å². The number of aliphatic hydroxyl groups is 1. The number of carbonyl (C=O) groups excluding carboxylic acids is 1. The molecule has 0 saturated heterocycles. The van der Waals surface area contributed by atoms with Gasteiger partial charge in [0.2, 0.25) is 5.91 Å². The molecule has 2 aromatic carbocycles. The Morgan fingerprint density at radius 1 is 1.04 bits per heavy atom. The molecule has 0 fully saturated rings. The second kappa shape index (κ2) is 8.39. The molecule has 122 valence electrons. The first-order valence-electron chi connectivity index (χ1n) is 7.52. The molecule has 0 bridgehead atoms. The van der Waals surface area contributed by atoms with E-state index in [2.05, 4.69) is 5.32 Å². The fraction of sp³-hybridized carbons (Fsp3) is 0.278. The van der Waals surface area contributed by atoms with Gasteiger partial charge in [0.1, 0.15) is 11.6 Å². The molecule has 0 spiro atoms. The maximum Gasteiger partial charge on any atom is 0.224 e. The highest BCUT2D eigenvalue weighted by Crippen LogP contribution is 2.14. The van der Waals surface area contributed by atoms with E-state index in [0.717, 1.165) is 23.8 Å². The molecular formula is C18H19F2NO2. The highest BCUT2D eigenvalue weighted by atomic mass is 19.1. The van der Waals surface area contributed by atoms with Crippen molar-refractivity contribution in [1.82, 2.24) is 0 Å². The maximum atomic E-state index is 13.5. The molecule has 2 aromatic rings. The van der Waals surface area contributed by atoms with Crippen molar-refractivity contribution in [2.45, 2.75) is 25.7 Å². The van der Waals surface area contributed by atoms with Crippen molar-refractivity contribution >= 4 is 11.6 Å². The Hall–Kier alpha value is -2.27. The number of anilines is 1. The lowest BCUT2D eigenvalue weighted by Crippen LogP contribution is -2.11. The van der Waals surface area contributed by atoms with E-state index < -0.39 is 11.6 Å². The van der Waals surface area contributed by atoms with Crippen molar-refractivity contribution in [2.75, 3.05) is 11.9 Å². The number of nitrogens with one attached hydrogen (secondary N) is 1. The number of halogens is 2. The summed E-state index contributed by atoms with van der Waals surface area (Å²) in [4.78, 5) is 11.8. The quantitative estimate of drug-likeness (QED) is 0.821. The molecule has 1 amide bonds. The largest absolute Gasteiger partial charge is 0.396 e. The summed E-state index contributed by atoms with van der Waals surface area (Å²) in [6.07, 6.45) is 1.56. The van der Waals surface area contributed by atoms with Gasteiger partial charge in [0, 0.05) is 18.7 Å². The van der Waals surface area contributed by atoms with Gasteiger partial charge in [-0.15, -0.1) is 0 Å². The van der Waals surface area contributed by atoms with Crippen LogP contribution in [0.2, 0.25) is 0 Å². The molecule has 2 N–H and O–H groups in total. The van der Waals surface area contributed by atoms with Crippen LogP contribution in [0.4, 0.5) is 14.5 Å². The van der Waals surface area contributed by atoms with Gasteiger partial charge in [-0.2, -0.15) is 0 Å². The predicted molar refractivity (Wildman–Crippen MR) is 85.2 cm³/mol. The van der Waals surface area contributed by atoms with E-state index in [0.29, 0.717) is 24.9 Å². The third-order valence-electron chi connectivity index (χ3n) is 3.50. The van der Waals surface area contributed by atoms with E-state index in [4.69, 9.17) is 5.11 Å². The fourth-order valence-corrected chi connectivity index (χ4v) is 2.28. The van der Waals surface area contributed by atoms with Crippen LogP contribution in [-0.2, 0) is 17.6 Å². The maximum absolute atomic E-state index is 13.5. The average molecular weight is 319 g/mol. The second-order valence-electron chi connectivity index (χ2n) is 5.31. The molecular weight excluding hydrogens is 300 g/mol. The predicted octanol–water partition coefficient (Wildman–Crippen LogP) is 3.46. The third-order valence-corrected chi connectivity index (χ3v) is 3.50. The number of hydrogen-bond donors (Lipinski definition) is 2. The highest BCUT2D eigenvalue weighted by Gasteiger charge is 2.07. The Balaban J connectivity index is 1.79. The summed E-state index contributed by atoms with van der Waals surface area (Å²) in [5, 5.41) is 11.6. The molecule has 0 saturated carbocycles. The van der Waals surface area contributed by atoms with Crippen molar-refractivity contribution in [3.63, 3.8) is 0 Å². The zero-order chi connectivity index (χ0) is 16.7. The highest BCUT2D eigenvalue weighted by molar-refractivity contribution is 5.90. The van der Waals surface area contributed by atoms with Crippen LogP contribution in [0.15, 0.2) is 42.5 Å². The average Bonchev–Trinajstić information content (AvgIpc) is 2.53. The second-order valence-corrected chi connectivity index (χ2v) is 5.31. The van der Waals surface area contributed by atoms with Crippen LogP contribution in [0.1, 0.15) is 24.0 Å². The van der Waals surface area contributed by atoms with Gasteiger partial charge in [0.05, 0.1) is 0 Å². The van der Waals surface area contributed by atoms with Crippen molar-refractivity contribution in [3.8, 4) is 0 Å². The van der Waals surface area contributed by atoms with E-state index in [1.807, 2.05) is 12.1 Å². The molecule has 0 aliphatic carbocycles. The minimum Gasteiger partial charge on any atom is -0.396 e. The molecule has 5 heteroatoms. The number of hydrogen-bond acceptors (Lipinski definition) is 2. The van der Waals surface area contributed by atoms with Crippen molar-refractivity contribution in [1.29, 1.82) is 0 Å². The van der Waals surface area contributed by atoms with E-state index in [9.17, 15) is 13.6 Å². The SMILES string of the molecule is O=C(CCCc1cc(F)ccc1F)Nc1ccc(CCO)cc1. The number of amides is 1. The van der Waals surface area contributed by atoms with Crippen molar-refractivity contribution in [2.24, 2.45) is 0 Å². The van der Waals surface area contributed by atoms with E-state index >= 15 is 0 Å². The molecule has 0 heterocycles.